The zero-order chi connectivity index (χ0) is 12.3. The van der Waals surface area contributed by atoms with Crippen molar-refractivity contribution in [2.45, 2.75) is 12.6 Å². The first-order valence-electron chi connectivity index (χ1n) is 4.13. The van der Waals surface area contributed by atoms with Crippen molar-refractivity contribution in [3.05, 3.63) is 28.5 Å². The van der Waals surface area contributed by atoms with E-state index in [1.807, 2.05) is 0 Å². The van der Waals surface area contributed by atoms with Crippen LogP contribution in [0.5, 0.6) is 0 Å². The molecule has 0 aromatic carbocycles. The van der Waals surface area contributed by atoms with Gasteiger partial charge in [-0.3, -0.25) is 4.79 Å². The zero-order valence-electron chi connectivity index (χ0n) is 8.14. The highest BCUT2D eigenvalue weighted by molar-refractivity contribution is 6.30. The van der Waals surface area contributed by atoms with E-state index in [9.17, 15) is 18.0 Å². The number of carbonyl (C=O) groups is 1. The Hall–Kier alpha value is -1.30. The quantitative estimate of drug-likeness (QED) is 0.760. The Bertz CT molecular complexity index is 406. The molecule has 1 heterocycles. The van der Waals surface area contributed by atoms with Crippen LogP contribution >= 0.6 is 11.6 Å². The Morgan fingerprint density at radius 1 is 1.50 bits per heavy atom. The van der Waals surface area contributed by atoms with Crippen LogP contribution in [0.15, 0.2) is 12.1 Å². The largest absolute Gasteiger partial charge is 0.469 e. The second-order valence-electron chi connectivity index (χ2n) is 2.91. The Morgan fingerprint density at radius 2 is 2.12 bits per heavy atom. The van der Waals surface area contributed by atoms with E-state index in [1.165, 1.54) is 6.07 Å². The van der Waals surface area contributed by atoms with E-state index in [-0.39, 0.29) is 17.1 Å². The fraction of sp³-hybridized carbons (Fsp3) is 0.333. The van der Waals surface area contributed by atoms with Gasteiger partial charge in [-0.05, 0) is 12.1 Å². The number of esters is 1. The summed E-state index contributed by atoms with van der Waals surface area (Å²) >= 11 is 5.49. The van der Waals surface area contributed by atoms with Crippen molar-refractivity contribution in [1.82, 2.24) is 4.98 Å². The highest BCUT2D eigenvalue weighted by atomic mass is 35.5. The summed E-state index contributed by atoms with van der Waals surface area (Å²) < 4.78 is 41.3. The van der Waals surface area contributed by atoms with Crippen LogP contribution in [0, 0.1) is 0 Å². The number of hydrogen-bond acceptors (Lipinski definition) is 3. The average Bonchev–Trinajstić information content (AvgIpc) is 2.15. The minimum Gasteiger partial charge on any atom is -0.469 e. The number of halogens is 4. The van der Waals surface area contributed by atoms with Gasteiger partial charge in [-0.1, -0.05) is 11.6 Å². The van der Waals surface area contributed by atoms with E-state index < -0.39 is 17.8 Å². The molecule has 0 aliphatic heterocycles. The molecule has 0 spiro atoms. The van der Waals surface area contributed by atoms with Crippen LogP contribution in [0.3, 0.4) is 0 Å². The predicted octanol–water partition coefficient (Wildman–Crippen LogP) is 2.47. The lowest BCUT2D eigenvalue weighted by Gasteiger charge is -2.08. The lowest BCUT2D eigenvalue weighted by atomic mass is 10.2. The summed E-state index contributed by atoms with van der Waals surface area (Å²) in [6, 6.07) is 1.88. The molecule has 0 aliphatic carbocycles. The lowest BCUT2D eigenvalue weighted by Crippen LogP contribution is -2.12. The minimum atomic E-state index is -4.59. The Balaban J connectivity index is 3.04. The number of nitrogens with zero attached hydrogens (tertiary/aromatic N) is 1. The van der Waals surface area contributed by atoms with Crippen LogP contribution in [0.1, 0.15) is 11.4 Å². The first-order valence-corrected chi connectivity index (χ1v) is 4.51. The van der Waals surface area contributed by atoms with Crippen molar-refractivity contribution in [3.63, 3.8) is 0 Å². The topological polar surface area (TPSA) is 39.2 Å². The third kappa shape index (κ3) is 3.37. The second kappa shape index (κ2) is 4.69. The molecule has 0 fully saturated rings. The number of ether oxygens (including phenoxy) is 1. The van der Waals surface area contributed by atoms with Crippen molar-refractivity contribution < 1.29 is 22.7 Å². The molecule has 0 saturated carbocycles. The van der Waals surface area contributed by atoms with Gasteiger partial charge in [-0.15, -0.1) is 0 Å². The van der Waals surface area contributed by atoms with Crippen LogP contribution in [0.2, 0.25) is 5.02 Å². The smallest absolute Gasteiger partial charge is 0.433 e. The first kappa shape index (κ1) is 12.8. The Morgan fingerprint density at radius 3 is 2.62 bits per heavy atom. The summed E-state index contributed by atoms with van der Waals surface area (Å²) in [6.07, 6.45) is -4.93. The van der Waals surface area contributed by atoms with Gasteiger partial charge >= 0.3 is 12.1 Å². The molecule has 0 amide bonds. The van der Waals surface area contributed by atoms with Gasteiger partial charge in [-0.2, -0.15) is 13.2 Å². The SMILES string of the molecule is COC(=O)Cc1cc(Cl)cc(C(F)(F)F)n1. The second-order valence-corrected chi connectivity index (χ2v) is 3.35. The highest BCUT2D eigenvalue weighted by Gasteiger charge is 2.33. The maximum absolute atomic E-state index is 12.3. The van der Waals surface area contributed by atoms with Gasteiger partial charge in [0.15, 0.2) is 0 Å². The maximum Gasteiger partial charge on any atom is 0.433 e. The molecular formula is C9H7ClF3NO2. The molecule has 1 rings (SSSR count). The Labute approximate surface area is 94.2 Å². The van der Waals surface area contributed by atoms with Crippen molar-refractivity contribution in [1.29, 1.82) is 0 Å². The standard InChI is InChI=1S/C9H7ClF3NO2/c1-16-8(15)4-6-2-5(10)3-7(14-6)9(11,12)13/h2-3H,4H2,1H3. The lowest BCUT2D eigenvalue weighted by molar-refractivity contribution is -0.142. The van der Waals surface area contributed by atoms with Crippen LogP contribution in [-0.4, -0.2) is 18.1 Å². The van der Waals surface area contributed by atoms with Crippen LogP contribution in [0.25, 0.3) is 0 Å². The molecular weight excluding hydrogens is 247 g/mol. The molecule has 1 aromatic rings. The highest BCUT2D eigenvalue weighted by Crippen LogP contribution is 2.29. The molecule has 88 valence electrons. The third-order valence-electron chi connectivity index (χ3n) is 1.69. The van der Waals surface area contributed by atoms with E-state index in [2.05, 4.69) is 9.72 Å². The van der Waals surface area contributed by atoms with Gasteiger partial charge in [0.2, 0.25) is 0 Å². The van der Waals surface area contributed by atoms with E-state index in [0.29, 0.717) is 6.07 Å². The van der Waals surface area contributed by atoms with Gasteiger partial charge in [-0.25, -0.2) is 4.98 Å². The number of hydrogen-bond donors (Lipinski definition) is 0. The zero-order valence-corrected chi connectivity index (χ0v) is 8.89. The molecule has 0 saturated heterocycles. The summed E-state index contributed by atoms with van der Waals surface area (Å²) in [5.41, 5.74) is -1.20. The average molecular weight is 254 g/mol. The normalized spacial score (nSPS) is 11.3. The number of methoxy groups -OCH3 is 1. The number of aromatic nitrogens is 1. The summed E-state index contributed by atoms with van der Waals surface area (Å²) in [7, 11) is 1.14. The fourth-order valence-corrected chi connectivity index (χ4v) is 1.24. The van der Waals surface area contributed by atoms with Crippen LogP contribution in [-0.2, 0) is 22.1 Å². The van der Waals surface area contributed by atoms with E-state index in [1.54, 1.807) is 0 Å². The number of rotatable bonds is 2. The van der Waals surface area contributed by atoms with Gasteiger partial charge in [0.25, 0.3) is 0 Å². The van der Waals surface area contributed by atoms with Crippen molar-refractivity contribution in [3.8, 4) is 0 Å². The van der Waals surface area contributed by atoms with E-state index in [4.69, 9.17) is 11.6 Å². The minimum absolute atomic E-state index is 0.0772. The first-order chi connectivity index (χ1) is 7.32. The number of carbonyl (C=O) groups excluding carboxylic acids is 1. The third-order valence-corrected chi connectivity index (χ3v) is 1.90. The molecule has 1 aromatic heterocycles. The summed E-state index contributed by atoms with van der Waals surface area (Å²) in [5, 5.41) is -0.124. The molecule has 16 heavy (non-hydrogen) atoms. The molecule has 7 heteroatoms. The molecule has 0 N–H and O–H groups in total. The van der Waals surface area contributed by atoms with E-state index in [0.717, 1.165) is 7.11 Å². The monoisotopic (exact) mass is 253 g/mol. The van der Waals surface area contributed by atoms with Gasteiger partial charge in [0.05, 0.1) is 19.2 Å². The molecule has 0 atom stereocenters. The molecule has 0 aliphatic rings. The van der Waals surface area contributed by atoms with Crippen LogP contribution in [0.4, 0.5) is 13.2 Å². The molecule has 0 radical (unpaired) electrons. The van der Waals surface area contributed by atoms with Crippen molar-refractivity contribution in [2.75, 3.05) is 7.11 Å². The predicted molar refractivity (Wildman–Crippen MR) is 50.0 cm³/mol. The summed E-state index contributed by atoms with van der Waals surface area (Å²) in [5.74, 6) is -0.678. The van der Waals surface area contributed by atoms with Gasteiger partial charge in [0.1, 0.15) is 5.69 Å². The van der Waals surface area contributed by atoms with Crippen molar-refractivity contribution in [2.24, 2.45) is 0 Å². The summed E-state index contributed by atoms with van der Waals surface area (Å²) in [6.45, 7) is 0. The van der Waals surface area contributed by atoms with Gasteiger partial charge in [0, 0.05) is 5.02 Å². The maximum atomic E-state index is 12.3. The van der Waals surface area contributed by atoms with Crippen LogP contribution < -0.4 is 0 Å². The van der Waals surface area contributed by atoms with E-state index >= 15 is 0 Å². The number of pyridine rings is 1. The molecule has 3 nitrogen and oxygen atoms in total. The molecule has 0 unspecified atom stereocenters. The molecule has 0 bridgehead atoms. The Kier molecular flexibility index (Phi) is 3.74. The number of alkyl halides is 3. The van der Waals surface area contributed by atoms with Crippen molar-refractivity contribution >= 4 is 17.6 Å². The summed E-state index contributed by atoms with van der Waals surface area (Å²) in [4.78, 5) is 14.1. The fourth-order valence-electron chi connectivity index (χ4n) is 1.01. The van der Waals surface area contributed by atoms with Gasteiger partial charge < -0.3 is 4.74 Å².